The molecule has 98 valence electrons. The van der Waals surface area contributed by atoms with Crippen molar-refractivity contribution < 1.29 is 9.18 Å². The second-order valence-corrected chi connectivity index (χ2v) is 4.89. The Morgan fingerprint density at radius 3 is 2.56 bits per heavy atom. The first kappa shape index (κ1) is 13.2. The molecule has 0 atom stereocenters. The van der Waals surface area contributed by atoms with Gasteiger partial charge in [0.1, 0.15) is 5.82 Å². The van der Waals surface area contributed by atoms with Gasteiger partial charge in [0.15, 0.2) is 5.78 Å². The quantitative estimate of drug-likeness (QED) is 0.802. The largest absolute Gasteiger partial charge is 0.304 e. The van der Waals surface area contributed by atoms with Crippen molar-refractivity contribution in [3.63, 3.8) is 0 Å². The minimum absolute atomic E-state index is 0.0876. The number of piperazine rings is 1. The molecule has 1 aromatic rings. The van der Waals surface area contributed by atoms with E-state index in [-0.39, 0.29) is 18.0 Å². The van der Waals surface area contributed by atoms with Gasteiger partial charge in [0.05, 0.1) is 6.54 Å². The highest BCUT2D eigenvalue weighted by atomic mass is 19.1. The van der Waals surface area contributed by atoms with Gasteiger partial charge in [0.2, 0.25) is 0 Å². The van der Waals surface area contributed by atoms with Crippen molar-refractivity contribution in [2.45, 2.75) is 6.42 Å². The molecular weight excluding hydrogens is 231 g/mol. The van der Waals surface area contributed by atoms with Crippen molar-refractivity contribution in [1.29, 1.82) is 0 Å². The SMILES string of the molecule is CN1CCN(CC(=O)Cc2ccccc2F)CC1. The van der Waals surface area contributed by atoms with Gasteiger partial charge in [-0.05, 0) is 18.7 Å². The van der Waals surface area contributed by atoms with Crippen molar-refractivity contribution in [2.24, 2.45) is 0 Å². The fraction of sp³-hybridized carbons (Fsp3) is 0.500. The number of hydrogen-bond acceptors (Lipinski definition) is 3. The van der Waals surface area contributed by atoms with Crippen molar-refractivity contribution in [3.05, 3.63) is 35.6 Å². The number of Topliss-reactive ketones (excluding diaryl/α,β-unsaturated/α-hetero) is 1. The Kier molecular flexibility index (Phi) is 4.44. The Bertz CT molecular complexity index is 414. The van der Waals surface area contributed by atoms with Gasteiger partial charge in [-0.1, -0.05) is 18.2 Å². The molecule has 1 aromatic carbocycles. The van der Waals surface area contributed by atoms with Gasteiger partial charge in [-0.25, -0.2) is 4.39 Å². The first-order valence-electron chi connectivity index (χ1n) is 6.31. The predicted molar refractivity (Wildman–Crippen MR) is 69.0 cm³/mol. The molecule has 1 fully saturated rings. The van der Waals surface area contributed by atoms with Crippen molar-refractivity contribution in [1.82, 2.24) is 9.80 Å². The summed E-state index contributed by atoms with van der Waals surface area (Å²) in [5, 5.41) is 0. The van der Waals surface area contributed by atoms with Crippen LogP contribution in [0.5, 0.6) is 0 Å². The van der Waals surface area contributed by atoms with Gasteiger partial charge >= 0.3 is 0 Å². The summed E-state index contributed by atoms with van der Waals surface area (Å²) in [6, 6.07) is 6.49. The Morgan fingerprint density at radius 1 is 1.22 bits per heavy atom. The molecule has 18 heavy (non-hydrogen) atoms. The Hall–Kier alpha value is -1.26. The van der Waals surface area contributed by atoms with Crippen LogP contribution in [0, 0.1) is 5.82 Å². The molecule has 4 heteroatoms. The van der Waals surface area contributed by atoms with Crippen molar-refractivity contribution in [2.75, 3.05) is 39.8 Å². The first-order valence-corrected chi connectivity index (χ1v) is 6.31. The predicted octanol–water partition coefficient (Wildman–Crippen LogP) is 1.18. The number of halogens is 1. The zero-order chi connectivity index (χ0) is 13.0. The van der Waals surface area contributed by atoms with Crippen LogP contribution in [0.3, 0.4) is 0 Å². The van der Waals surface area contributed by atoms with Crippen LogP contribution in [0.4, 0.5) is 4.39 Å². The van der Waals surface area contributed by atoms with Crippen LogP contribution in [0.15, 0.2) is 24.3 Å². The number of carbonyl (C=O) groups excluding carboxylic acids is 1. The van der Waals surface area contributed by atoms with E-state index in [2.05, 4.69) is 16.8 Å². The maximum atomic E-state index is 13.4. The van der Waals surface area contributed by atoms with Crippen LogP contribution in [0.25, 0.3) is 0 Å². The van der Waals surface area contributed by atoms with Crippen LogP contribution in [-0.2, 0) is 11.2 Å². The molecule has 2 rings (SSSR count). The summed E-state index contributed by atoms with van der Waals surface area (Å²) in [6.45, 7) is 4.25. The van der Waals surface area contributed by atoms with Crippen molar-refractivity contribution >= 4 is 5.78 Å². The molecule has 1 aliphatic heterocycles. The maximum absolute atomic E-state index is 13.4. The number of benzene rings is 1. The molecule has 0 aromatic heterocycles. The third kappa shape index (κ3) is 3.62. The van der Waals surface area contributed by atoms with Gasteiger partial charge in [-0.2, -0.15) is 0 Å². The Morgan fingerprint density at radius 2 is 1.89 bits per heavy atom. The molecular formula is C14H19FN2O. The lowest BCUT2D eigenvalue weighted by atomic mass is 10.1. The molecule has 3 nitrogen and oxygen atoms in total. The van der Waals surface area contributed by atoms with Gasteiger partial charge < -0.3 is 4.90 Å². The molecule has 0 spiro atoms. The zero-order valence-corrected chi connectivity index (χ0v) is 10.7. The summed E-state index contributed by atoms with van der Waals surface area (Å²) in [5.41, 5.74) is 0.497. The van der Waals surface area contributed by atoms with Gasteiger partial charge in [0, 0.05) is 32.6 Å². The van der Waals surface area contributed by atoms with E-state index in [1.54, 1.807) is 18.2 Å². The van der Waals surface area contributed by atoms with E-state index in [1.807, 2.05) is 0 Å². The van der Waals surface area contributed by atoms with Gasteiger partial charge in [-0.15, -0.1) is 0 Å². The standard InChI is InChI=1S/C14H19FN2O/c1-16-6-8-17(9-7-16)11-13(18)10-12-4-2-3-5-14(12)15/h2-5H,6-11H2,1H3. The van der Waals surface area contributed by atoms with Gasteiger partial charge in [0.25, 0.3) is 0 Å². The minimum atomic E-state index is -0.288. The molecule has 0 radical (unpaired) electrons. The van der Waals surface area contributed by atoms with E-state index in [1.165, 1.54) is 6.07 Å². The maximum Gasteiger partial charge on any atom is 0.151 e. The lowest BCUT2D eigenvalue weighted by molar-refractivity contribution is -0.120. The molecule has 1 aliphatic rings. The normalized spacial score (nSPS) is 17.9. The fourth-order valence-electron chi connectivity index (χ4n) is 2.17. The van der Waals surface area contributed by atoms with Crippen molar-refractivity contribution in [3.8, 4) is 0 Å². The lowest BCUT2D eigenvalue weighted by Gasteiger charge is -2.31. The fourth-order valence-corrected chi connectivity index (χ4v) is 2.17. The van der Waals surface area contributed by atoms with Crippen LogP contribution in [0.2, 0.25) is 0 Å². The molecule has 0 bridgehead atoms. The summed E-state index contributed by atoms with van der Waals surface area (Å²) < 4.78 is 13.4. The second kappa shape index (κ2) is 6.07. The monoisotopic (exact) mass is 250 g/mol. The molecule has 0 aliphatic carbocycles. The van der Waals surface area contributed by atoms with E-state index in [0.717, 1.165) is 26.2 Å². The number of ketones is 1. The molecule has 0 N–H and O–H groups in total. The number of likely N-dealkylation sites (N-methyl/N-ethyl adjacent to an activating group) is 1. The van der Waals surface area contributed by atoms with E-state index in [9.17, 15) is 9.18 Å². The average Bonchev–Trinajstić information content (AvgIpc) is 2.35. The third-order valence-electron chi connectivity index (χ3n) is 3.34. The Labute approximate surface area is 107 Å². The van der Waals surface area contributed by atoms with E-state index in [4.69, 9.17) is 0 Å². The van der Waals surface area contributed by atoms with Crippen LogP contribution >= 0.6 is 0 Å². The highest BCUT2D eigenvalue weighted by Crippen LogP contribution is 2.08. The number of hydrogen-bond donors (Lipinski definition) is 0. The third-order valence-corrected chi connectivity index (χ3v) is 3.34. The number of rotatable bonds is 4. The summed E-state index contributed by atoms with van der Waals surface area (Å²) in [6.07, 6.45) is 0.193. The molecule has 0 saturated carbocycles. The molecule has 1 saturated heterocycles. The molecule has 0 amide bonds. The highest BCUT2D eigenvalue weighted by Gasteiger charge is 2.17. The number of nitrogens with zero attached hydrogens (tertiary/aromatic N) is 2. The molecule has 0 unspecified atom stereocenters. The van der Waals surface area contributed by atoms with E-state index < -0.39 is 0 Å². The van der Waals surface area contributed by atoms with Crippen LogP contribution < -0.4 is 0 Å². The average molecular weight is 250 g/mol. The number of carbonyl (C=O) groups is 1. The van der Waals surface area contributed by atoms with Crippen LogP contribution in [-0.4, -0.2) is 55.4 Å². The summed E-state index contributed by atoms with van der Waals surface area (Å²) >= 11 is 0. The van der Waals surface area contributed by atoms with E-state index >= 15 is 0 Å². The van der Waals surface area contributed by atoms with Gasteiger partial charge in [-0.3, -0.25) is 9.69 Å². The zero-order valence-electron chi connectivity index (χ0n) is 10.7. The second-order valence-electron chi connectivity index (χ2n) is 4.89. The lowest BCUT2D eigenvalue weighted by Crippen LogP contribution is -2.46. The summed E-state index contributed by atoms with van der Waals surface area (Å²) in [4.78, 5) is 16.3. The minimum Gasteiger partial charge on any atom is -0.304 e. The Balaban J connectivity index is 1.84. The molecule has 1 heterocycles. The van der Waals surface area contributed by atoms with E-state index in [0.29, 0.717) is 12.1 Å². The summed E-state index contributed by atoms with van der Waals surface area (Å²) in [7, 11) is 2.08. The topological polar surface area (TPSA) is 23.6 Å². The summed E-state index contributed by atoms with van der Waals surface area (Å²) in [5.74, 6) is -0.200. The van der Waals surface area contributed by atoms with Crippen LogP contribution in [0.1, 0.15) is 5.56 Å². The smallest absolute Gasteiger partial charge is 0.151 e. The first-order chi connectivity index (χ1) is 8.65. The highest BCUT2D eigenvalue weighted by molar-refractivity contribution is 5.82.